The van der Waals surface area contributed by atoms with E-state index in [0.717, 1.165) is 17.5 Å². The van der Waals surface area contributed by atoms with Crippen molar-refractivity contribution >= 4 is 5.69 Å². The molecule has 0 saturated heterocycles. The van der Waals surface area contributed by atoms with Gasteiger partial charge in [-0.2, -0.15) is 0 Å². The smallest absolute Gasteiger partial charge is 0.273 e. The summed E-state index contributed by atoms with van der Waals surface area (Å²) in [4.78, 5) is 10.9. The van der Waals surface area contributed by atoms with E-state index in [4.69, 9.17) is 5.11 Å². The number of nitro groups is 1. The minimum atomic E-state index is -0.301. The van der Waals surface area contributed by atoms with Crippen LogP contribution >= 0.6 is 0 Å². The van der Waals surface area contributed by atoms with Crippen LogP contribution in [0.5, 0.6) is 0 Å². The predicted molar refractivity (Wildman–Crippen MR) is 82.2 cm³/mol. The van der Waals surface area contributed by atoms with Gasteiger partial charge in [0.15, 0.2) is 0 Å². The summed E-state index contributed by atoms with van der Waals surface area (Å²) in [7, 11) is 0. The molecule has 0 radical (unpaired) electrons. The Morgan fingerprint density at radius 1 is 1.43 bits per heavy atom. The van der Waals surface area contributed by atoms with Gasteiger partial charge in [0.25, 0.3) is 5.69 Å². The average molecular weight is 292 g/mol. The Morgan fingerprint density at radius 2 is 2.14 bits per heavy atom. The van der Waals surface area contributed by atoms with Crippen LogP contribution in [0.1, 0.15) is 50.2 Å². The third-order valence-corrected chi connectivity index (χ3v) is 4.11. The molecule has 0 amide bonds. The lowest BCUT2D eigenvalue weighted by atomic mass is 9.99. The topological polar surface area (TPSA) is 75.4 Å². The number of benzene rings is 1. The summed E-state index contributed by atoms with van der Waals surface area (Å²) >= 11 is 0. The number of nitro benzene ring substituents is 1. The largest absolute Gasteiger partial charge is 0.396 e. The van der Waals surface area contributed by atoms with Gasteiger partial charge >= 0.3 is 0 Å². The molecular weight excluding hydrogens is 268 g/mol. The number of aliphatic hydroxyl groups is 1. The maximum absolute atomic E-state index is 11.2. The number of nitrogens with one attached hydrogen (secondary N) is 1. The predicted octanol–water partition coefficient (Wildman–Crippen LogP) is 2.97. The zero-order chi connectivity index (χ0) is 15.4. The van der Waals surface area contributed by atoms with Crippen molar-refractivity contribution in [1.82, 2.24) is 5.32 Å². The first kappa shape index (κ1) is 15.9. The third-order valence-electron chi connectivity index (χ3n) is 4.11. The number of nitrogens with zero attached hydrogens (tertiary/aromatic N) is 1. The summed E-state index contributed by atoms with van der Waals surface area (Å²) in [6.45, 7) is 4.72. The van der Waals surface area contributed by atoms with Crippen molar-refractivity contribution in [2.24, 2.45) is 5.92 Å². The Kier molecular flexibility index (Phi) is 5.31. The number of aliphatic hydroxyl groups excluding tert-OH is 1. The van der Waals surface area contributed by atoms with Crippen LogP contribution in [0.4, 0.5) is 5.69 Å². The van der Waals surface area contributed by atoms with Crippen molar-refractivity contribution < 1.29 is 10.0 Å². The third kappa shape index (κ3) is 4.25. The van der Waals surface area contributed by atoms with E-state index >= 15 is 0 Å². The first-order valence-corrected chi connectivity index (χ1v) is 7.64. The van der Waals surface area contributed by atoms with Crippen molar-refractivity contribution in [3.05, 3.63) is 39.4 Å². The lowest BCUT2D eigenvalue weighted by molar-refractivity contribution is -0.385. The van der Waals surface area contributed by atoms with Crippen molar-refractivity contribution in [3.8, 4) is 0 Å². The lowest BCUT2D eigenvalue weighted by Gasteiger charge is -2.17. The van der Waals surface area contributed by atoms with Gasteiger partial charge < -0.3 is 10.4 Å². The zero-order valence-corrected chi connectivity index (χ0v) is 12.7. The normalized spacial score (nSPS) is 16.2. The minimum Gasteiger partial charge on any atom is -0.396 e. The molecule has 1 unspecified atom stereocenters. The Balaban J connectivity index is 2.06. The molecule has 5 nitrogen and oxygen atoms in total. The molecule has 5 heteroatoms. The molecule has 2 rings (SSSR count). The van der Waals surface area contributed by atoms with Crippen molar-refractivity contribution in [2.75, 3.05) is 6.61 Å². The molecule has 1 aliphatic rings. The average Bonchev–Trinajstić information content (AvgIpc) is 3.27. The Hall–Kier alpha value is -1.46. The van der Waals surface area contributed by atoms with E-state index in [1.54, 1.807) is 6.07 Å². The molecule has 0 bridgehead atoms. The monoisotopic (exact) mass is 292 g/mol. The Bertz CT molecular complexity index is 498. The lowest BCUT2D eigenvalue weighted by Crippen LogP contribution is -2.31. The fourth-order valence-corrected chi connectivity index (χ4v) is 2.74. The molecule has 0 spiro atoms. The van der Waals surface area contributed by atoms with Gasteiger partial charge in [-0.15, -0.1) is 0 Å². The molecule has 1 aliphatic carbocycles. The van der Waals surface area contributed by atoms with E-state index in [1.807, 2.05) is 26.0 Å². The van der Waals surface area contributed by atoms with Crippen LogP contribution < -0.4 is 5.32 Å². The van der Waals surface area contributed by atoms with Gasteiger partial charge in [0.05, 0.1) is 4.92 Å². The van der Waals surface area contributed by atoms with Gasteiger partial charge in [0.2, 0.25) is 0 Å². The van der Waals surface area contributed by atoms with Crippen LogP contribution in [0.2, 0.25) is 0 Å². The highest BCUT2D eigenvalue weighted by atomic mass is 16.6. The van der Waals surface area contributed by atoms with Crippen molar-refractivity contribution in [3.63, 3.8) is 0 Å². The SMILES string of the molecule is CC(C)c1ccc(CNC(CCO)C2CC2)cc1[N+](=O)[O-]. The maximum atomic E-state index is 11.2. The maximum Gasteiger partial charge on any atom is 0.273 e. The zero-order valence-electron chi connectivity index (χ0n) is 12.7. The standard InChI is InChI=1S/C16H24N2O3/c1-11(2)14-6-3-12(9-16(14)18(20)21)10-17-15(7-8-19)13-4-5-13/h3,6,9,11,13,15,17,19H,4-5,7-8,10H2,1-2H3. The molecule has 1 atom stereocenters. The molecular formula is C16H24N2O3. The van der Waals surface area contributed by atoms with Gasteiger partial charge in [-0.05, 0) is 36.7 Å². The second-order valence-corrected chi connectivity index (χ2v) is 6.14. The summed E-state index contributed by atoms with van der Waals surface area (Å²) in [6, 6.07) is 5.81. The second-order valence-electron chi connectivity index (χ2n) is 6.14. The summed E-state index contributed by atoms with van der Waals surface area (Å²) in [5, 5.41) is 23.7. The second kappa shape index (κ2) is 7.00. The van der Waals surface area contributed by atoms with Gasteiger partial charge in [-0.1, -0.05) is 26.0 Å². The van der Waals surface area contributed by atoms with Crippen LogP contribution in [0, 0.1) is 16.0 Å². The summed E-state index contributed by atoms with van der Waals surface area (Å²) in [5.41, 5.74) is 1.90. The first-order valence-electron chi connectivity index (χ1n) is 7.64. The molecule has 116 valence electrons. The molecule has 1 aromatic rings. The molecule has 21 heavy (non-hydrogen) atoms. The summed E-state index contributed by atoms with van der Waals surface area (Å²) in [5.74, 6) is 0.795. The fourth-order valence-electron chi connectivity index (χ4n) is 2.74. The molecule has 2 N–H and O–H groups in total. The molecule has 0 aromatic heterocycles. The highest BCUT2D eigenvalue weighted by molar-refractivity contribution is 5.45. The summed E-state index contributed by atoms with van der Waals surface area (Å²) in [6.07, 6.45) is 3.17. The van der Waals surface area contributed by atoms with Crippen LogP contribution in [-0.4, -0.2) is 22.7 Å². The highest BCUT2D eigenvalue weighted by Gasteiger charge is 2.30. The van der Waals surface area contributed by atoms with E-state index in [1.165, 1.54) is 12.8 Å². The fraction of sp³-hybridized carbons (Fsp3) is 0.625. The molecule has 0 heterocycles. The van der Waals surface area contributed by atoms with Crippen LogP contribution in [0.25, 0.3) is 0 Å². The molecule has 0 aliphatic heterocycles. The quantitative estimate of drug-likeness (QED) is 0.570. The molecule has 1 fully saturated rings. The van der Waals surface area contributed by atoms with Gasteiger partial charge in [0.1, 0.15) is 0 Å². The van der Waals surface area contributed by atoms with E-state index < -0.39 is 0 Å². The van der Waals surface area contributed by atoms with Crippen LogP contribution in [-0.2, 0) is 6.54 Å². The number of rotatable bonds is 8. The van der Waals surface area contributed by atoms with Crippen molar-refractivity contribution in [2.45, 2.75) is 51.6 Å². The minimum absolute atomic E-state index is 0.140. The molecule has 1 saturated carbocycles. The highest BCUT2D eigenvalue weighted by Crippen LogP contribution is 2.34. The van der Waals surface area contributed by atoms with E-state index in [-0.39, 0.29) is 23.1 Å². The summed E-state index contributed by atoms with van der Waals surface area (Å²) < 4.78 is 0. The van der Waals surface area contributed by atoms with Crippen LogP contribution in [0.15, 0.2) is 18.2 Å². The van der Waals surface area contributed by atoms with Gasteiger partial charge in [-0.3, -0.25) is 10.1 Å². The van der Waals surface area contributed by atoms with Gasteiger partial charge in [-0.25, -0.2) is 0 Å². The Labute approximate surface area is 125 Å². The van der Waals surface area contributed by atoms with Crippen molar-refractivity contribution in [1.29, 1.82) is 0 Å². The van der Waals surface area contributed by atoms with E-state index in [0.29, 0.717) is 18.5 Å². The van der Waals surface area contributed by atoms with E-state index in [2.05, 4.69) is 5.32 Å². The van der Waals surface area contributed by atoms with Gasteiger partial charge in [0, 0.05) is 30.8 Å². The number of hydrogen-bond donors (Lipinski definition) is 2. The Morgan fingerprint density at radius 3 is 2.67 bits per heavy atom. The molecule has 1 aromatic carbocycles. The first-order chi connectivity index (χ1) is 10.0. The van der Waals surface area contributed by atoms with Crippen LogP contribution in [0.3, 0.4) is 0 Å². The van der Waals surface area contributed by atoms with E-state index in [9.17, 15) is 10.1 Å². The number of hydrogen-bond acceptors (Lipinski definition) is 4.